The number of fused-ring (bicyclic) bond motifs is 1. The summed E-state index contributed by atoms with van der Waals surface area (Å²) >= 11 is 4.41. The van der Waals surface area contributed by atoms with Crippen LogP contribution in [0.2, 0.25) is 0 Å². The summed E-state index contributed by atoms with van der Waals surface area (Å²) in [5.74, 6) is 0.447. The van der Waals surface area contributed by atoms with Crippen LogP contribution < -0.4 is 4.74 Å². The Bertz CT molecular complexity index is 807. The summed E-state index contributed by atoms with van der Waals surface area (Å²) in [7, 11) is 0. The molecule has 0 amide bonds. The predicted octanol–water partition coefficient (Wildman–Crippen LogP) is 3.55. The molecule has 9 heteroatoms. The standard InChI is InChI=1S/C11H5BrN4O3S/c12-10-14-15-11(20-10)19-8-4-3-7(16(17)18)9-6(8)2-1-5-13-9/h1-5H. The highest BCUT2D eigenvalue weighted by molar-refractivity contribution is 9.11. The summed E-state index contributed by atoms with van der Waals surface area (Å²) in [6.07, 6.45) is 1.50. The van der Waals surface area contributed by atoms with Gasteiger partial charge in [-0.3, -0.25) is 10.1 Å². The first-order valence-corrected chi connectivity index (χ1v) is 6.95. The van der Waals surface area contributed by atoms with Crippen molar-refractivity contribution in [1.82, 2.24) is 15.2 Å². The lowest BCUT2D eigenvalue weighted by atomic mass is 10.2. The van der Waals surface area contributed by atoms with Gasteiger partial charge in [-0.1, -0.05) is 5.10 Å². The first-order valence-electron chi connectivity index (χ1n) is 5.34. The van der Waals surface area contributed by atoms with Crippen LogP contribution in [0.1, 0.15) is 0 Å². The van der Waals surface area contributed by atoms with Crippen LogP contribution in [-0.4, -0.2) is 20.1 Å². The van der Waals surface area contributed by atoms with Crippen molar-refractivity contribution in [3.8, 4) is 10.9 Å². The Morgan fingerprint density at radius 1 is 1.30 bits per heavy atom. The number of rotatable bonds is 3. The molecular formula is C11H5BrN4O3S. The van der Waals surface area contributed by atoms with E-state index in [1.807, 2.05) is 0 Å². The fraction of sp³-hybridized carbons (Fsp3) is 0. The highest BCUT2D eigenvalue weighted by atomic mass is 79.9. The zero-order valence-electron chi connectivity index (χ0n) is 9.69. The smallest absolute Gasteiger partial charge is 0.300 e. The van der Waals surface area contributed by atoms with Crippen LogP contribution in [0.25, 0.3) is 10.9 Å². The van der Waals surface area contributed by atoms with Crippen molar-refractivity contribution >= 4 is 43.9 Å². The van der Waals surface area contributed by atoms with E-state index < -0.39 is 4.92 Å². The van der Waals surface area contributed by atoms with Crippen molar-refractivity contribution < 1.29 is 9.66 Å². The normalized spacial score (nSPS) is 10.7. The third-order valence-corrected chi connectivity index (χ3v) is 3.72. The summed E-state index contributed by atoms with van der Waals surface area (Å²) in [4.78, 5) is 14.6. The second-order valence-electron chi connectivity index (χ2n) is 3.66. The minimum absolute atomic E-state index is 0.0635. The van der Waals surface area contributed by atoms with Gasteiger partial charge < -0.3 is 4.74 Å². The van der Waals surface area contributed by atoms with E-state index in [0.29, 0.717) is 20.2 Å². The van der Waals surface area contributed by atoms with Gasteiger partial charge in [0, 0.05) is 12.3 Å². The summed E-state index contributed by atoms with van der Waals surface area (Å²) in [6, 6.07) is 6.29. The molecule has 0 bridgehead atoms. The minimum atomic E-state index is -0.472. The molecule has 0 saturated carbocycles. The van der Waals surface area contributed by atoms with E-state index in [-0.39, 0.29) is 11.2 Å². The summed E-state index contributed by atoms with van der Waals surface area (Å²) in [5, 5.41) is 19.5. The molecular weight excluding hydrogens is 348 g/mol. The number of ether oxygens (including phenoxy) is 1. The number of aromatic nitrogens is 3. The minimum Gasteiger partial charge on any atom is -0.429 e. The van der Waals surface area contributed by atoms with Gasteiger partial charge in [0.2, 0.25) is 0 Å². The third kappa shape index (κ3) is 2.32. The fourth-order valence-electron chi connectivity index (χ4n) is 1.70. The number of halogens is 1. The quantitative estimate of drug-likeness (QED) is 0.528. The third-order valence-electron chi connectivity index (χ3n) is 2.48. The maximum atomic E-state index is 11.0. The maximum absolute atomic E-state index is 11.0. The molecule has 0 spiro atoms. The van der Waals surface area contributed by atoms with Gasteiger partial charge in [-0.25, -0.2) is 4.98 Å². The Balaban J connectivity index is 2.12. The van der Waals surface area contributed by atoms with Crippen molar-refractivity contribution in [3.05, 3.63) is 44.5 Å². The van der Waals surface area contributed by atoms with E-state index >= 15 is 0 Å². The van der Waals surface area contributed by atoms with Crippen LogP contribution in [0.15, 0.2) is 34.4 Å². The summed E-state index contributed by atoms with van der Waals surface area (Å²) < 4.78 is 6.19. The van der Waals surface area contributed by atoms with Gasteiger partial charge in [-0.15, -0.1) is 5.10 Å². The molecule has 0 saturated heterocycles. The average Bonchev–Trinajstić information content (AvgIpc) is 2.84. The lowest BCUT2D eigenvalue weighted by Crippen LogP contribution is -1.93. The van der Waals surface area contributed by atoms with Gasteiger partial charge in [0.25, 0.3) is 10.9 Å². The number of non-ortho nitro benzene ring substituents is 1. The largest absolute Gasteiger partial charge is 0.429 e. The van der Waals surface area contributed by atoms with Gasteiger partial charge in [0.1, 0.15) is 5.75 Å². The molecule has 0 aliphatic carbocycles. The molecule has 0 radical (unpaired) electrons. The molecule has 100 valence electrons. The van der Waals surface area contributed by atoms with Crippen molar-refractivity contribution in [2.45, 2.75) is 0 Å². The molecule has 7 nitrogen and oxygen atoms in total. The SMILES string of the molecule is O=[N+]([O-])c1ccc(Oc2nnc(Br)s2)c2cccnc12. The van der Waals surface area contributed by atoms with Crippen molar-refractivity contribution in [2.75, 3.05) is 0 Å². The Morgan fingerprint density at radius 2 is 2.15 bits per heavy atom. The molecule has 2 aromatic heterocycles. The number of hydrogen-bond acceptors (Lipinski definition) is 7. The second kappa shape index (κ2) is 5.10. The maximum Gasteiger partial charge on any atom is 0.300 e. The van der Waals surface area contributed by atoms with Crippen LogP contribution in [0, 0.1) is 10.1 Å². The van der Waals surface area contributed by atoms with Crippen LogP contribution in [0.5, 0.6) is 10.9 Å². The summed E-state index contributed by atoms with van der Waals surface area (Å²) in [6.45, 7) is 0. The molecule has 0 fully saturated rings. The Morgan fingerprint density at radius 3 is 2.85 bits per heavy atom. The molecule has 3 rings (SSSR count). The van der Waals surface area contributed by atoms with Crippen LogP contribution in [0.3, 0.4) is 0 Å². The molecule has 0 atom stereocenters. The van der Waals surface area contributed by atoms with Crippen molar-refractivity contribution in [2.24, 2.45) is 0 Å². The molecule has 0 unspecified atom stereocenters. The van der Waals surface area contributed by atoms with Crippen molar-refractivity contribution in [1.29, 1.82) is 0 Å². The van der Waals surface area contributed by atoms with E-state index in [1.165, 1.54) is 29.7 Å². The zero-order valence-corrected chi connectivity index (χ0v) is 12.1. The molecule has 0 aliphatic heterocycles. The Kier molecular flexibility index (Phi) is 3.28. The van der Waals surface area contributed by atoms with E-state index in [9.17, 15) is 10.1 Å². The number of nitro groups is 1. The van der Waals surface area contributed by atoms with E-state index in [4.69, 9.17) is 4.74 Å². The number of nitro benzene ring substituents is 1. The molecule has 0 aliphatic rings. The van der Waals surface area contributed by atoms with Crippen molar-refractivity contribution in [3.63, 3.8) is 0 Å². The second-order valence-corrected chi connectivity index (χ2v) is 5.88. The fourth-order valence-corrected chi connectivity index (χ4v) is 2.63. The van der Waals surface area contributed by atoms with Crippen LogP contribution in [0.4, 0.5) is 5.69 Å². The lowest BCUT2D eigenvalue weighted by molar-refractivity contribution is -0.383. The Labute approximate surface area is 124 Å². The predicted molar refractivity (Wildman–Crippen MR) is 76.1 cm³/mol. The number of nitrogens with zero attached hydrogens (tertiary/aromatic N) is 4. The molecule has 2 heterocycles. The first-order chi connectivity index (χ1) is 9.65. The van der Waals surface area contributed by atoms with Gasteiger partial charge >= 0.3 is 0 Å². The Hall–Kier alpha value is -2.13. The van der Waals surface area contributed by atoms with E-state index in [0.717, 1.165) is 0 Å². The van der Waals surface area contributed by atoms with Gasteiger partial charge in [0.05, 0.1) is 10.3 Å². The number of hydrogen-bond donors (Lipinski definition) is 0. The molecule has 0 N–H and O–H groups in total. The summed E-state index contributed by atoms with van der Waals surface area (Å²) in [5.41, 5.74) is 0.213. The number of pyridine rings is 1. The zero-order chi connectivity index (χ0) is 14.1. The van der Waals surface area contributed by atoms with E-state index in [2.05, 4.69) is 31.1 Å². The molecule has 20 heavy (non-hydrogen) atoms. The highest BCUT2D eigenvalue weighted by Crippen LogP contribution is 2.35. The van der Waals surface area contributed by atoms with Gasteiger partial charge in [-0.2, -0.15) is 0 Å². The van der Waals surface area contributed by atoms with Gasteiger partial charge in [-0.05, 0) is 45.5 Å². The highest BCUT2D eigenvalue weighted by Gasteiger charge is 2.17. The molecule has 3 aromatic rings. The lowest BCUT2D eigenvalue weighted by Gasteiger charge is -2.05. The van der Waals surface area contributed by atoms with E-state index in [1.54, 1.807) is 12.1 Å². The topological polar surface area (TPSA) is 91.0 Å². The van der Waals surface area contributed by atoms with Crippen LogP contribution in [-0.2, 0) is 0 Å². The molecule has 1 aromatic carbocycles. The van der Waals surface area contributed by atoms with Gasteiger partial charge in [0.15, 0.2) is 9.43 Å². The number of benzene rings is 1. The monoisotopic (exact) mass is 352 g/mol. The average molecular weight is 353 g/mol. The van der Waals surface area contributed by atoms with Crippen LogP contribution >= 0.6 is 27.3 Å². The first kappa shape index (κ1) is 12.9.